The predicted molar refractivity (Wildman–Crippen MR) is 402 cm³/mol. The smallest absolute Gasteiger partial charge is 0.306 e. The average Bonchev–Trinajstić information content (AvgIpc) is 2.30. The summed E-state index contributed by atoms with van der Waals surface area (Å²) in [5, 5.41) is 0. The minimum absolute atomic E-state index is 0.0325. The van der Waals surface area contributed by atoms with Gasteiger partial charge in [-0.15, -0.1) is 0 Å². The summed E-state index contributed by atoms with van der Waals surface area (Å²) in [4.78, 5) is 38.2. The fraction of sp³-hybridized carbons (Fsp3) is 0.807. The number of carbonyl (C=O) groups is 2. The Bertz CT molecular complexity index is 1850. The molecule has 0 aromatic heterocycles. The molecular weight excluding hydrogens is 1170 g/mol. The zero-order valence-electron chi connectivity index (χ0n) is 62.0. The van der Waals surface area contributed by atoms with Crippen molar-refractivity contribution in [3.05, 3.63) is 85.1 Å². The van der Waals surface area contributed by atoms with Crippen molar-refractivity contribution in [1.29, 1.82) is 0 Å². The maximum Gasteiger partial charge on any atom is 0.306 e. The molecule has 0 aliphatic rings. The van der Waals surface area contributed by atoms with Gasteiger partial charge in [0.25, 0.3) is 7.82 Å². The fourth-order valence-electron chi connectivity index (χ4n) is 11.6. The highest BCUT2D eigenvalue weighted by Crippen LogP contribution is 2.38. The molecule has 0 heterocycles. The normalized spacial score (nSPS) is 13.5. The average molecular weight is 1320 g/mol. The number of phosphoric ester groups is 1. The van der Waals surface area contributed by atoms with Gasteiger partial charge in [-0.2, -0.15) is 0 Å². The van der Waals surface area contributed by atoms with Crippen LogP contribution in [0.15, 0.2) is 85.1 Å². The van der Waals surface area contributed by atoms with Crippen LogP contribution >= 0.6 is 7.82 Å². The van der Waals surface area contributed by atoms with Crippen molar-refractivity contribution in [2.45, 2.75) is 386 Å². The summed E-state index contributed by atoms with van der Waals surface area (Å²) >= 11 is 0. The van der Waals surface area contributed by atoms with Crippen LogP contribution in [0.5, 0.6) is 0 Å². The molecule has 0 aliphatic carbocycles. The summed E-state index contributed by atoms with van der Waals surface area (Å²) in [6, 6.07) is 0. The number of nitrogens with zero attached hydrogens (tertiary/aromatic N) is 1. The Morgan fingerprint density at radius 3 is 0.914 bits per heavy atom. The van der Waals surface area contributed by atoms with E-state index in [1.54, 1.807) is 0 Å². The number of likely N-dealkylation sites (N-methyl/N-ethyl adjacent to an activating group) is 1. The van der Waals surface area contributed by atoms with Gasteiger partial charge >= 0.3 is 11.9 Å². The number of allylic oxidation sites excluding steroid dienone is 14. The standard InChI is InChI=1S/C83H152NO8P/c1-6-8-10-12-14-16-18-20-22-24-26-28-30-32-34-36-38-40-41-42-44-45-47-49-51-53-55-57-59-61-63-65-67-69-71-73-75-82(85)89-79-81(80-91-93(87,88)90-78-77-84(3,4)5)92-83(86)76-74-72-70-68-66-64-62-60-58-56-54-52-50-48-46-43-39-37-35-33-31-29-27-25-23-21-19-17-15-13-11-9-7-2/h9,11,15,17,21,23,27,29,33,35,39,43,48,50,81H,6-8,10,12-14,16,18-20,22,24-26,28,30-32,34,36-38,40-42,44-47,49,51-80H2,1-5H3/b11-9-,17-15-,23-21-,29-27-,35-33-,43-39-,50-48-. The molecular formula is C83H152NO8P. The quantitative estimate of drug-likeness (QED) is 0.0195. The van der Waals surface area contributed by atoms with Crippen LogP contribution in [-0.2, 0) is 32.7 Å². The van der Waals surface area contributed by atoms with Gasteiger partial charge < -0.3 is 27.9 Å². The first-order chi connectivity index (χ1) is 45.5. The zero-order chi connectivity index (χ0) is 67.6. The summed E-state index contributed by atoms with van der Waals surface area (Å²) in [6.07, 6.45) is 101. The second-order valence-electron chi connectivity index (χ2n) is 28.1. The van der Waals surface area contributed by atoms with Gasteiger partial charge in [-0.3, -0.25) is 14.2 Å². The minimum atomic E-state index is -4.65. The van der Waals surface area contributed by atoms with Crippen LogP contribution < -0.4 is 4.89 Å². The second kappa shape index (κ2) is 73.4. The molecule has 0 rings (SSSR count). The fourth-order valence-corrected chi connectivity index (χ4v) is 12.4. The van der Waals surface area contributed by atoms with E-state index < -0.39 is 26.5 Å². The molecule has 9 nitrogen and oxygen atoms in total. The van der Waals surface area contributed by atoms with Crippen molar-refractivity contribution in [1.82, 2.24) is 0 Å². The molecule has 0 saturated heterocycles. The van der Waals surface area contributed by atoms with Crippen LogP contribution in [0, 0.1) is 0 Å². The number of esters is 2. The molecule has 93 heavy (non-hydrogen) atoms. The van der Waals surface area contributed by atoms with Crippen molar-refractivity contribution < 1.29 is 42.1 Å². The van der Waals surface area contributed by atoms with Crippen molar-refractivity contribution in [3.63, 3.8) is 0 Å². The van der Waals surface area contributed by atoms with Gasteiger partial charge in [0.05, 0.1) is 27.7 Å². The largest absolute Gasteiger partial charge is 0.756 e. The van der Waals surface area contributed by atoms with E-state index in [-0.39, 0.29) is 32.0 Å². The van der Waals surface area contributed by atoms with E-state index in [2.05, 4.69) is 98.9 Å². The van der Waals surface area contributed by atoms with E-state index in [0.717, 1.165) is 89.9 Å². The van der Waals surface area contributed by atoms with Crippen LogP contribution in [0.2, 0.25) is 0 Å². The number of unbranched alkanes of at least 4 members (excludes halogenated alkanes) is 46. The topological polar surface area (TPSA) is 111 Å². The first-order valence-electron chi connectivity index (χ1n) is 39.8. The van der Waals surface area contributed by atoms with Crippen molar-refractivity contribution in [2.24, 2.45) is 0 Å². The SMILES string of the molecule is CC/C=C\C/C=C\C/C=C\C/C=C\C/C=C\C/C=C\C/C=C\CCCCCCCCCCCCCC(=O)OC(COC(=O)CCCCCCCCCCCCCCCCCCCCCCCCCCCCCCCCCCCCCC)COP(=O)([O-])OCC[N+](C)(C)C. The third-order valence-corrected chi connectivity index (χ3v) is 18.6. The van der Waals surface area contributed by atoms with Crippen LogP contribution in [-0.4, -0.2) is 70.0 Å². The van der Waals surface area contributed by atoms with Crippen molar-refractivity contribution in [3.8, 4) is 0 Å². The molecule has 0 bridgehead atoms. The van der Waals surface area contributed by atoms with Gasteiger partial charge in [0.15, 0.2) is 6.10 Å². The number of ether oxygens (including phenoxy) is 2. The molecule has 0 spiro atoms. The number of quaternary nitrogens is 1. The van der Waals surface area contributed by atoms with E-state index >= 15 is 0 Å². The highest BCUT2D eigenvalue weighted by Gasteiger charge is 2.22. The number of carbonyl (C=O) groups excluding carboxylic acids is 2. The summed E-state index contributed by atoms with van der Waals surface area (Å²) in [5.41, 5.74) is 0. The van der Waals surface area contributed by atoms with E-state index in [9.17, 15) is 19.0 Å². The number of hydrogen-bond acceptors (Lipinski definition) is 8. The first kappa shape index (κ1) is 90.2. The van der Waals surface area contributed by atoms with E-state index in [1.807, 2.05) is 21.1 Å². The Kier molecular flexibility index (Phi) is 71.2. The Morgan fingerprint density at radius 1 is 0.344 bits per heavy atom. The van der Waals surface area contributed by atoms with Gasteiger partial charge in [0.1, 0.15) is 19.8 Å². The molecule has 0 saturated carbocycles. The third kappa shape index (κ3) is 78.1. The second-order valence-corrected chi connectivity index (χ2v) is 29.5. The molecule has 0 N–H and O–H groups in total. The van der Waals surface area contributed by atoms with Gasteiger partial charge in [0, 0.05) is 12.8 Å². The Balaban J connectivity index is 3.96. The molecule has 542 valence electrons. The van der Waals surface area contributed by atoms with E-state index in [4.69, 9.17) is 18.5 Å². The molecule has 0 radical (unpaired) electrons. The molecule has 2 atom stereocenters. The molecule has 0 aliphatic heterocycles. The number of rotatable bonds is 74. The Labute approximate surface area is 577 Å². The van der Waals surface area contributed by atoms with Gasteiger partial charge in [-0.05, 0) is 70.6 Å². The molecule has 0 amide bonds. The summed E-state index contributed by atoms with van der Waals surface area (Å²) < 4.78 is 34.4. The maximum atomic E-state index is 12.9. The third-order valence-electron chi connectivity index (χ3n) is 17.7. The van der Waals surface area contributed by atoms with E-state index in [1.165, 1.54) is 257 Å². The Morgan fingerprint density at radius 2 is 0.613 bits per heavy atom. The lowest BCUT2D eigenvalue weighted by Crippen LogP contribution is -2.37. The number of phosphoric acid groups is 1. The monoisotopic (exact) mass is 1320 g/mol. The Hall–Kier alpha value is -2.81. The molecule has 0 fully saturated rings. The lowest BCUT2D eigenvalue weighted by molar-refractivity contribution is -0.870. The summed E-state index contributed by atoms with van der Waals surface area (Å²) in [5.74, 6) is -0.822. The summed E-state index contributed by atoms with van der Waals surface area (Å²) in [7, 11) is 1.17. The van der Waals surface area contributed by atoms with Crippen molar-refractivity contribution in [2.75, 3.05) is 47.5 Å². The van der Waals surface area contributed by atoms with Gasteiger partial charge in [-0.1, -0.05) is 381 Å². The van der Waals surface area contributed by atoms with Crippen LogP contribution in [0.1, 0.15) is 380 Å². The lowest BCUT2D eigenvalue weighted by Gasteiger charge is -2.28. The summed E-state index contributed by atoms with van der Waals surface area (Å²) in [6.45, 7) is 4.18. The highest BCUT2D eigenvalue weighted by atomic mass is 31.2. The highest BCUT2D eigenvalue weighted by molar-refractivity contribution is 7.45. The first-order valence-corrected chi connectivity index (χ1v) is 41.3. The molecule has 0 aromatic carbocycles. The van der Waals surface area contributed by atoms with E-state index in [0.29, 0.717) is 17.4 Å². The molecule has 0 aromatic rings. The van der Waals surface area contributed by atoms with Gasteiger partial charge in [-0.25, -0.2) is 0 Å². The van der Waals surface area contributed by atoms with Crippen LogP contribution in [0.3, 0.4) is 0 Å². The minimum Gasteiger partial charge on any atom is -0.756 e. The zero-order valence-corrected chi connectivity index (χ0v) is 62.8. The van der Waals surface area contributed by atoms with Crippen molar-refractivity contribution >= 4 is 19.8 Å². The molecule has 10 heteroatoms. The van der Waals surface area contributed by atoms with Crippen LogP contribution in [0.25, 0.3) is 0 Å². The van der Waals surface area contributed by atoms with Crippen LogP contribution in [0.4, 0.5) is 0 Å². The number of hydrogen-bond donors (Lipinski definition) is 0. The maximum absolute atomic E-state index is 12.9. The molecule has 2 unspecified atom stereocenters. The lowest BCUT2D eigenvalue weighted by atomic mass is 10.0. The predicted octanol–water partition coefficient (Wildman–Crippen LogP) is 25.8. The van der Waals surface area contributed by atoms with Gasteiger partial charge in [0.2, 0.25) is 0 Å².